The molecular formula is C11H13INO5P. The van der Waals surface area contributed by atoms with Crippen molar-refractivity contribution in [3.05, 3.63) is 29.8 Å². The lowest BCUT2D eigenvalue weighted by Gasteiger charge is -2.36. The van der Waals surface area contributed by atoms with Crippen LogP contribution in [0.2, 0.25) is 0 Å². The van der Waals surface area contributed by atoms with Gasteiger partial charge in [0.15, 0.2) is 0 Å². The molecule has 1 aliphatic rings. The average molecular weight is 397 g/mol. The zero-order valence-corrected chi connectivity index (χ0v) is 12.9. The Bertz CT molecular complexity index is 546. The molecule has 2 unspecified atom stereocenters. The summed E-state index contributed by atoms with van der Waals surface area (Å²) in [5, 5.41) is 9.21. The van der Waals surface area contributed by atoms with Crippen LogP contribution in [0.25, 0.3) is 0 Å². The van der Waals surface area contributed by atoms with Crippen LogP contribution >= 0.6 is 30.5 Å². The van der Waals surface area contributed by atoms with Crippen LogP contribution in [0.4, 0.5) is 5.69 Å². The van der Waals surface area contributed by atoms with Gasteiger partial charge < -0.3 is 18.0 Å². The number of carboxylic acids is 1. The molecule has 0 aliphatic carbocycles. The van der Waals surface area contributed by atoms with E-state index in [0.29, 0.717) is 5.69 Å². The lowest BCUT2D eigenvalue weighted by molar-refractivity contribution is -0.138. The zero-order valence-electron chi connectivity index (χ0n) is 9.81. The van der Waals surface area contributed by atoms with Crippen molar-refractivity contribution < 1.29 is 24.3 Å². The first-order valence-electron chi connectivity index (χ1n) is 5.61. The molecule has 19 heavy (non-hydrogen) atoms. The first-order valence-corrected chi connectivity index (χ1v) is 8.37. The van der Waals surface area contributed by atoms with Crippen LogP contribution in [0.1, 0.15) is 17.9 Å². The van der Waals surface area contributed by atoms with E-state index in [1.54, 1.807) is 27.4 Å². The van der Waals surface area contributed by atoms with Crippen LogP contribution in [-0.4, -0.2) is 33.1 Å². The monoisotopic (exact) mass is 397 g/mol. The van der Waals surface area contributed by atoms with Crippen LogP contribution < -0.4 is 3.11 Å². The van der Waals surface area contributed by atoms with Crippen molar-refractivity contribution in [1.29, 1.82) is 0 Å². The highest BCUT2D eigenvalue weighted by molar-refractivity contribution is 14.1. The molecule has 1 aliphatic heterocycles. The van der Waals surface area contributed by atoms with E-state index in [2.05, 4.69) is 0 Å². The largest absolute Gasteiger partial charge is 0.480 e. The minimum absolute atomic E-state index is 0.195. The normalized spacial score (nSPS) is 23.0. The molecule has 0 radical (unpaired) electrons. The summed E-state index contributed by atoms with van der Waals surface area (Å²) in [6, 6.07) is 6.36. The van der Waals surface area contributed by atoms with Gasteiger partial charge in [-0.2, -0.15) is 0 Å². The van der Waals surface area contributed by atoms with E-state index in [-0.39, 0.29) is 12.6 Å². The van der Waals surface area contributed by atoms with E-state index in [1.807, 2.05) is 22.9 Å². The van der Waals surface area contributed by atoms with Gasteiger partial charge >= 0.3 is 13.6 Å². The van der Waals surface area contributed by atoms with E-state index < -0.39 is 25.5 Å². The molecule has 1 heterocycles. The first kappa shape index (κ1) is 14.8. The third kappa shape index (κ3) is 3.28. The van der Waals surface area contributed by atoms with Crippen LogP contribution in [-0.2, 0) is 9.36 Å². The molecule has 1 aromatic rings. The number of benzene rings is 1. The van der Waals surface area contributed by atoms with Crippen molar-refractivity contribution in [3.8, 4) is 0 Å². The molecule has 0 bridgehead atoms. The molecule has 3 N–H and O–H groups in total. The summed E-state index contributed by atoms with van der Waals surface area (Å²) < 4.78 is 12.8. The number of fused-ring (bicyclic) bond motifs is 1. The number of anilines is 1. The Labute approximate surface area is 124 Å². The number of aliphatic carboxylic acids is 1. The van der Waals surface area contributed by atoms with Gasteiger partial charge in [-0.3, -0.25) is 4.57 Å². The standard InChI is InChI=1S/C11H13INO5P/c12-13-9-4-2-1-3-8(9)7(6-19(16,17)18)5-10(13)11(14)15/h1-4,7,10H,5-6H2,(H,14,15)(H2,16,17,18). The molecule has 0 fully saturated rings. The summed E-state index contributed by atoms with van der Waals surface area (Å²) >= 11 is 1.93. The summed E-state index contributed by atoms with van der Waals surface area (Å²) in [5.41, 5.74) is 1.50. The average Bonchev–Trinajstić information content (AvgIpc) is 2.31. The second-order valence-electron chi connectivity index (χ2n) is 4.50. The highest BCUT2D eigenvalue weighted by Gasteiger charge is 2.38. The van der Waals surface area contributed by atoms with Gasteiger partial charge in [0.25, 0.3) is 0 Å². The smallest absolute Gasteiger partial charge is 0.327 e. The maximum atomic E-state index is 11.2. The van der Waals surface area contributed by atoms with Crippen LogP contribution in [0.3, 0.4) is 0 Å². The van der Waals surface area contributed by atoms with Crippen molar-refractivity contribution in [2.24, 2.45) is 0 Å². The number of halogens is 1. The predicted molar refractivity (Wildman–Crippen MR) is 78.6 cm³/mol. The van der Waals surface area contributed by atoms with Gasteiger partial charge in [-0.25, -0.2) is 4.79 Å². The minimum Gasteiger partial charge on any atom is -0.480 e. The van der Waals surface area contributed by atoms with Crippen LogP contribution in [0, 0.1) is 0 Å². The molecule has 104 valence electrons. The minimum atomic E-state index is -4.18. The summed E-state index contributed by atoms with van der Waals surface area (Å²) in [6.07, 6.45) is -0.126. The lowest BCUT2D eigenvalue weighted by atomic mass is 9.88. The van der Waals surface area contributed by atoms with Gasteiger partial charge in [-0.15, -0.1) is 0 Å². The SMILES string of the molecule is O=C(O)C1CC(CP(=O)(O)O)c2ccccc2N1I. The van der Waals surface area contributed by atoms with E-state index in [4.69, 9.17) is 9.79 Å². The topological polar surface area (TPSA) is 98.1 Å². The number of rotatable bonds is 3. The fourth-order valence-corrected chi connectivity index (χ4v) is 4.17. The lowest BCUT2D eigenvalue weighted by Crippen LogP contribution is -2.40. The predicted octanol–water partition coefficient (Wildman–Crippen LogP) is 1.96. The van der Waals surface area contributed by atoms with Crippen LogP contribution in [0.15, 0.2) is 24.3 Å². The van der Waals surface area contributed by atoms with Gasteiger partial charge in [0.05, 0.1) is 34.7 Å². The van der Waals surface area contributed by atoms with Gasteiger partial charge in [-0.05, 0) is 24.0 Å². The van der Waals surface area contributed by atoms with E-state index in [0.717, 1.165) is 5.56 Å². The molecule has 0 aromatic heterocycles. The molecule has 0 saturated carbocycles. The Morgan fingerprint density at radius 2 is 2.05 bits per heavy atom. The van der Waals surface area contributed by atoms with Gasteiger partial charge in [0.1, 0.15) is 6.04 Å². The second kappa shape index (κ2) is 5.40. The summed E-state index contributed by atoms with van der Waals surface area (Å²) in [4.78, 5) is 29.5. The second-order valence-corrected chi connectivity index (χ2v) is 7.24. The van der Waals surface area contributed by atoms with Crippen molar-refractivity contribution in [2.45, 2.75) is 18.4 Å². The zero-order chi connectivity index (χ0) is 14.2. The molecular weight excluding hydrogens is 384 g/mol. The molecule has 0 amide bonds. The van der Waals surface area contributed by atoms with Crippen molar-refractivity contribution >= 4 is 42.1 Å². The van der Waals surface area contributed by atoms with Gasteiger partial charge in [0, 0.05) is 0 Å². The summed E-state index contributed by atoms with van der Waals surface area (Å²) in [5.74, 6) is -1.43. The van der Waals surface area contributed by atoms with Crippen molar-refractivity contribution in [3.63, 3.8) is 0 Å². The molecule has 2 atom stereocenters. The van der Waals surface area contributed by atoms with Crippen LogP contribution in [0.5, 0.6) is 0 Å². The Hall–Kier alpha value is -0.630. The summed E-state index contributed by atoms with van der Waals surface area (Å²) in [7, 11) is -4.18. The Morgan fingerprint density at radius 3 is 2.63 bits per heavy atom. The fraction of sp³-hybridized carbons (Fsp3) is 0.364. The van der Waals surface area contributed by atoms with Gasteiger partial charge in [-0.1, -0.05) is 18.2 Å². The van der Waals surface area contributed by atoms with E-state index in [9.17, 15) is 14.5 Å². The van der Waals surface area contributed by atoms with E-state index in [1.165, 1.54) is 0 Å². The number of nitrogens with zero attached hydrogens (tertiary/aromatic N) is 1. The highest BCUT2D eigenvalue weighted by Crippen LogP contribution is 2.47. The summed E-state index contributed by atoms with van der Waals surface area (Å²) in [6.45, 7) is 0. The third-order valence-corrected chi connectivity index (χ3v) is 5.24. The molecule has 6 nitrogen and oxygen atoms in total. The molecule has 0 spiro atoms. The molecule has 0 saturated heterocycles. The van der Waals surface area contributed by atoms with E-state index >= 15 is 0 Å². The molecule has 1 aromatic carbocycles. The maximum Gasteiger partial charge on any atom is 0.327 e. The number of carbonyl (C=O) groups is 1. The highest BCUT2D eigenvalue weighted by atomic mass is 127. The fourth-order valence-electron chi connectivity index (χ4n) is 2.34. The van der Waals surface area contributed by atoms with Crippen molar-refractivity contribution in [2.75, 3.05) is 9.28 Å². The quantitative estimate of drug-likeness (QED) is 0.410. The first-order chi connectivity index (χ1) is 8.79. The Morgan fingerprint density at radius 1 is 1.42 bits per heavy atom. The molecule has 8 heteroatoms. The third-order valence-electron chi connectivity index (χ3n) is 3.13. The Kier molecular flexibility index (Phi) is 4.20. The van der Waals surface area contributed by atoms with Gasteiger partial charge in [0.2, 0.25) is 0 Å². The number of hydrogen-bond acceptors (Lipinski definition) is 3. The molecule has 2 rings (SSSR count). The maximum absolute atomic E-state index is 11.2. The number of carboxylic acid groups (broad SMARTS) is 1. The Balaban J connectivity index is 2.42. The number of hydrogen-bond donors (Lipinski definition) is 3. The number of para-hydroxylation sites is 1. The van der Waals surface area contributed by atoms with Crippen molar-refractivity contribution in [1.82, 2.24) is 0 Å².